The summed E-state index contributed by atoms with van der Waals surface area (Å²) < 4.78 is 7.34. The second-order valence-electron chi connectivity index (χ2n) is 6.44. The molecule has 5 heteroatoms. The Morgan fingerprint density at radius 3 is 2.75 bits per heavy atom. The summed E-state index contributed by atoms with van der Waals surface area (Å²) in [4.78, 5) is 15.7. The van der Waals surface area contributed by atoms with Gasteiger partial charge in [-0.25, -0.2) is 9.78 Å². The van der Waals surface area contributed by atoms with Crippen LogP contribution in [-0.2, 0) is 17.7 Å². The summed E-state index contributed by atoms with van der Waals surface area (Å²) in [6, 6.07) is 0. The Balaban J connectivity index is 2.35. The normalized spacial score (nSPS) is 11.7. The van der Waals surface area contributed by atoms with Gasteiger partial charge in [-0.15, -0.1) is 0 Å². The number of aromatic nitrogens is 2. The van der Waals surface area contributed by atoms with Crippen LogP contribution in [0, 0.1) is 5.92 Å². The summed E-state index contributed by atoms with van der Waals surface area (Å²) >= 11 is 0. The number of aryl methyl sites for hydroxylation is 1. The van der Waals surface area contributed by atoms with E-state index in [0.717, 1.165) is 25.1 Å². The number of nitrogens with zero attached hydrogens (tertiary/aromatic N) is 2. The van der Waals surface area contributed by atoms with Crippen LogP contribution in [0.15, 0.2) is 12.5 Å². The lowest BCUT2D eigenvalue weighted by molar-refractivity contribution is 0.0528. The molecule has 1 aromatic heterocycles. The summed E-state index contributed by atoms with van der Waals surface area (Å²) in [5.41, 5.74) is 0.685. The van der Waals surface area contributed by atoms with E-state index in [1.54, 1.807) is 0 Å². The number of alkyl carbamates (subject to hydrolysis) is 1. The maximum Gasteiger partial charge on any atom is 0.407 e. The van der Waals surface area contributed by atoms with Gasteiger partial charge in [-0.1, -0.05) is 13.8 Å². The summed E-state index contributed by atoms with van der Waals surface area (Å²) in [5, 5.41) is 2.77. The van der Waals surface area contributed by atoms with Crippen LogP contribution in [0.2, 0.25) is 0 Å². The van der Waals surface area contributed by atoms with E-state index in [4.69, 9.17) is 4.74 Å². The van der Waals surface area contributed by atoms with Crippen LogP contribution in [0.1, 0.15) is 46.7 Å². The number of carbonyl (C=O) groups is 1. The van der Waals surface area contributed by atoms with Crippen molar-refractivity contribution in [2.45, 2.75) is 59.6 Å². The summed E-state index contributed by atoms with van der Waals surface area (Å²) in [6.07, 6.45) is 5.23. The van der Waals surface area contributed by atoms with Crippen molar-refractivity contribution in [1.82, 2.24) is 14.9 Å². The van der Waals surface area contributed by atoms with Crippen LogP contribution < -0.4 is 5.32 Å². The van der Waals surface area contributed by atoms with E-state index in [0.29, 0.717) is 12.5 Å². The molecule has 1 heterocycles. The van der Waals surface area contributed by atoms with Crippen molar-refractivity contribution in [1.29, 1.82) is 0 Å². The molecule has 0 atom stereocenters. The zero-order valence-electron chi connectivity index (χ0n) is 13.3. The van der Waals surface area contributed by atoms with Crippen molar-refractivity contribution < 1.29 is 9.53 Å². The molecule has 0 unspecified atom stereocenters. The number of hydrogen-bond donors (Lipinski definition) is 1. The maximum absolute atomic E-state index is 11.5. The SMILES string of the molecule is CC(C)CCn1cncc1CCNC(=O)OC(C)(C)C. The summed E-state index contributed by atoms with van der Waals surface area (Å²) in [6.45, 7) is 11.5. The van der Waals surface area contributed by atoms with Gasteiger partial charge in [0.15, 0.2) is 0 Å². The van der Waals surface area contributed by atoms with E-state index in [-0.39, 0.29) is 6.09 Å². The molecule has 0 fully saturated rings. The van der Waals surface area contributed by atoms with Crippen molar-refractivity contribution in [3.63, 3.8) is 0 Å². The van der Waals surface area contributed by atoms with Crippen LogP contribution in [-0.4, -0.2) is 27.8 Å². The number of nitrogens with one attached hydrogen (secondary N) is 1. The molecule has 0 saturated heterocycles. The molecule has 0 spiro atoms. The molecule has 1 aromatic rings. The fourth-order valence-corrected chi connectivity index (χ4v) is 1.76. The van der Waals surface area contributed by atoms with Gasteiger partial charge in [0.2, 0.25) is 0 Å². The Morgan fingerprint density at radius 1 is 1.45 bits per heavy atom. The van der Waals surface area contributed by atoms with Crippen LogP contribution in [0.3, 0.4) is 0 Å². The largest absolute Gasteiger partial charge is 0.444 e. The van der Waals surface area contributed by atoms with Crippen molar-refractivity contribution in [2.75, 3.05) is 6.54 Å². The molecule has 20 heavy (non-hydrogen) atoms. The molecule has 0 bridgehead atoms. The van der Waals surface area contributed by atoms with Gasteiger partial charge >= 0.3 is 6.09 Å². The van der Waals surface area contributed by atoms with Crippen molar-refractivity contribution in [3.8, 4) is 0 Å². The smallest absolute Gasteiger partial charge is 0.407 e. The minimum absolute atomic E-state index is 0.370. The standard InChI is InChI=1S/C15H27N3O2/c1-12(2)7-9-18-11-16-10-13(18)6-8-17-14(19)20-15(3,4)5/h10-12H,6-9H2,1-5H3,(H,17,19). The van der Waals surface area contributed by atoms with Crippen LogP contribution in [0.25, 0.3) is 0 Å². The van der Waals surface area contributed by atoms with Gasteiger partial charge < -0.3 is 14.6 Å². The highest BCUT2D eigenvalue weighted by atomic mass is 16.6. The van der Waals surface area contributed by atoms with Gasteiger partial charge in [0.05, 0.1) is 6.33 Å². The average Bonchev–Trinajstić information content (AvgIpc) is 2.71. The van der Waals surface area contributed by atoms with Gasteiger partial charge in [-0.05, 0) is 33.1 Å². The molecule has 0 radical (unpaired) electrons. The molecule has 5 nitrogen and oxygen atoms in total. The first-order valence-corrected chi connectivity index (χ1v) is 7.24. The van der Waals surface area contributed by atoms with Gasteiger partial charge in [0.1, 0.15) is 5.60 Å². The first-order valence-electron chi connectivity index (χ1n) is 7.24. The first kappa shape index (κ1) is 16.5. The van der Waals surface area contributed by atoms with Gasteiger partial charge in [-0.3, -0.25) is 0 Å². The zero-order valence-corrected chi connectivity index (χ0v) is 13.3. The number of rotatable bonds is 6. The summed E-state index contributed by atoms with van der Waals surface area (Å²) in [7, 11) is 0. The van der Waals surface area contributed by atoms with Crippen molar-refractivity contribution in [3.05, 3.63) is 18.2 Å². The molecule has 0 saturated carbocycles. The number of imidazole rings is 1. The molecule has 0 aromatic carbocycles. The topological polar surface area (TPSA) is 56.2 Å². The highest BCUT2D eigenvalue weighted by Crippen LogP contribution is 2.08. The Morgan fingerprint density at radius 2 is 2.15 bits per heavy atom. The zero-order chi connectivity index (χ0) is 15.2. The van der Waals surface area contributed by atoms with Crippen molar-refractivity contribution in [2.24, 2.45) is 5.92 Å². The second kappa shape index (κ2) is 7.31. The molecule has 1 rings (SSSR count). The first-order chi connectivity index (χ1) is 9.28. The molecule has 1 N–H and O–H groups in total. The predicted octanol–water partition coefficient (Wildman–Crippen LogP) is 3.00. The lowest BCUT2D eigenvalue weighted by Gasteiger charge is -2.19. The van der Waals surface area contributed by atoms with Crippen LogP contribution in [0.5, 0.6) is 0 Å². The second-order valence-corrected chi connectivity index (χ2v) is 6.44. The minimum Gasteiger partial charge on any atom is -0.444 e. The maximum atomic E-state index is 11.5. The number of amides is 1. The Bertz CT molecular complexity index is 419. The van der Waals surface area contributed by atoms with Gasteiger partial charge in [-0.2, -0.15) is 0 Å². The fourth-order valence-electron chi connectivity index (χ4n) is 1.76. The predicted molar refractivity (Wildman–Crippen MR) is 79.6 cm³/mol. The van der Waals surface area contributed by atoms with E-state index in [9.17, 15) is 4.79 Å². The van der Waals surface area contributed by atoms with Crippen molar-refractivity contribution >= 4 is 6.09 Å². The molecular weight excluding hydrogens is 254 g/mol. The van der Waals surface area contributed by atoms with E-state index < -0.39 is 5.60 Å². The van der Waals surface area contributed by atoms with E-state index >= 15 is 0 Å². The minimum atomic E-state index is -0.455. The fraction of sp³-hybridized carbons (Fsp3) is 0.733. The van der Waals surface area contributed by atoms with E-state index in [1.807, 2.05) is 33.3 Å². The average molecular weight is 281 g/mol. The summed E-state index contributed by atoms with van der Waals surface area (Å²) in [5.74, 6) is 0.671. The van der Waals surface area contributed by atoms with Crippen LogP contribution >= 0.6 is 0 Å². The monoisotopic (exact) mass is 281 g/mol. The van der Waals surface area contributed by atoms with E-state index in [2.05, 4.69) is 28.7 Å². The van der Waals surface area contributed by atoms with Gasteiger partial charge in [0.25, 0.3) is 0 Å². The molecule has 0 aliphatic carbocycles. The number of carbonyl (C=O) groups excluding carboxylic acids is 1. The number of ether oxygens (including phenoxy) is 1. The lowest BCUT2D eigenvalue weighted by Crippen LogP contribution is -2.33. The molecule has 0 aliphatic heterocycles. The Labute approximate surface area is 121 Å². The number of hydrogen-bond acceptors (Lipinski definition) is 3. The van der Waals surface area contributed by atoms with E-state index in [1.165, 1.54) is 0 Å². The third kappa shape index (κ3) is 6.59. The van der Waals surface area contributed by atoms with Gasteiger partial charge in [0, 0.05) is 31.4 Å². The van der Waals surface area contributed by atoms with Crippen LogP contribution in [0.4, 0.5) is 4.79 Å². The Hall–Kier alpha value is -1.52. The molecule has 1 amide bonds. The lowest BCUT2D eigenvalue weighted by atomic mass is 10.1. The quantitative estimate of drug-likeness (QED) is 0.872. The third-order valence-electron chi connectivity index (χ3n) is 2.80. The highest BCUT2D eigenvalue weighted by Gasteiger charge is 2.15. The molecule has 0 aliphatic rings. The highest BCUT2D eigenvalue weighted by molar-refractivity contribution is 5.67. The molecular formula is C15H27N3O2. The molecule has 114 valence electrons. The Kier molecular flexibility index (Phi) is 6.05. The third-order valence-corrected chi connectivity index (χ3v) is 2.80.